The van der Waals surface area contributed by atoms with Crippen LogP contribution in [-0.2, 0) is 9.53 Å². The predicted molar refractivity (Wildman–Crippen MR) is 72.2 cm³/mol. The van der Waals surface area contributed by atoms with E-state index in [0.29, 0.717) is 12.3 Å². The summed E-state index contributed by atoms with van der Waals surface area (Å²) in [6.07, 6.45) is 9.44. The molecule has 0 aromatic carbocycles. The fourth-order valence-corrected chi connectivity index (χ4v) is 3.20. The maximum atomic E-state index is 11.6. The molecule has 1 rings (SSSR count). The van der Waals surface area contributed by atoms with E-state index in [0.717, 1.165) is 25.7 Å². The van der Waals surface area contributed by atoms with Gasteiger partial charge in [-0.15, -0.1) is 0 Å². The van der Waals surface area contributed by atoms with Crippen LogP contribution in [0.1, 0.15) is 58.3 Å². The van der Waals surface area contributed by atoms with Crippen LogP contribution in [0.5, 0.6) is 0 Å². The smallest absolute Gasteiger partial charge is 0.330 e. The number of carbonyl (C=O) groups is 1. The number of aliphatic hydroxyl groups excluding tert-OH is 1. The Morgan fingerprint density at radius 1 is 1.39 bits per heavy atom. The maximum Gasteiger partial charge on any atom is 0.330 e. The van der Waals surface area contributed by atoms with Crippen LogP contribution in [0.2, 0.25) is 0 Å². The summed E-state index contributed by atoms with van der Waals surface area (Å²) in [5.41, 5.74) is -0.477. The van der Waals surface area contributed by atoms with Gasteiger partial charge in [-0.3, -0.25) is 0 Å². The Hall–Kier alpha value is -0.830. The molecule has 0 amide bonds. The van der Waals surface area contributed by atoms with Crippen LogP contribution in [0, 0.1) is 5.92 Å². The fourth-order valence-electron chi connectivity index (χ4n) is 3.20. The first-order valence-corrected chi connectivity index (χ1v) is 7.14. The Kier molecular flexibility index (Phi) is 6.41. The van der Waals surface area contributed by atoms with Crippen molar-refractivity contribution in [1.29, 1.82) is 0 Å². The average Bonchev–Trinajstić information content (AvgIpc) is 2.40. The van der Waals surface area contributed by atoms with E-state index in [1.165, 1.54) is 25.3 Å². The van der Waals surface area contributed by atoms with Crippen molar-refractivity contribution in [2.24, 2.45) is 5.92 Å². The van der Waals surface area contributed by atoms with Gasteiger partial charge in [0.1, 0.15) is 5.60 Å². The first-order chi connectivity index (χ1) is 8.68. The number of carbonyl (C=O) groups excluding carboxylic acids is 1. The van der Waals surface area contributed by atoms with Crippen molar-refractivity contribution < 1.29 is 14.6 Å². The van der Waals surface area contributed by atoms with Crippen molar-refractivity contribution in [3.05, 3.63) is 12.7 Å². The van der Waals surface area contributed by atoms with Gasteiger partial charge in [0.15, 0.2) is 0 Å². The Bertz CT molecular complexity index is 261. The summed E-state index contributed by atoms with van der Waals surface area (Å²) in [5.74, 6) is 0.0322. The Morgan fingerprint density at radius 2 is 2.06 bits per heavy atom. The minimum atomic E-state index is -0.477. The zero-order chi connectivity index (χ0) is 13.4. The van der Waals surface area contributed by atoms with Gasteiger partial charge in [0.05, 0.1) is 0 Å². The van der Waals surface area contributed by atoms with E-state index in [9.17, 15) is 9.90 Å². The first kappa shape index (κ1) is 15.2. The summed E-state index contributed by atoms with van der Waals surface area (Å²) in [7, 11) is 0. The van der Waals surface area contributed by atoms with E-state index in [1.54, 1.807) is 0 Å². The normalized spacial score (nSPS) is 20.1. The Labute approximate surface area is 110 Å². The molecule has 1 aliphatic rings. The molecule has 1 unspecified atom stereocenters. The molecule has 0 bridgehead atoms. The Morgan fingerprint density at radius 3 is 2.56 bits per heavy atom. The number of esters is 1. The van der Waals surface area contributed by atoms with Crippen molar-refractivity contribution in [1.82, 2.24) is 0 Å². The summed E-state index contributed by atoms with van der Waals surface area (Å²) in [4.78, 5) is 11.6. The molecule has 1 saturated carbocycles. The number of hydrogen-bond acceptors (Lipinski definition) is 3. The van der Waals surface area contributed by atoms with Crippen molar-refractivity contribution in [2.45, 2.75) is 63.9 Å². The van der Waals surface area contributed by atoms with Crippen molar-refractivity contribution >= 4 is 5.97 Å². The molecule has 0 aliphatic heterocycles. The first-order valence-electron chi connectivity index (χ1n) is 7.14. The standard InChI is InChI=1S/C15H26O3/c1-3-10-15(11-12-16,18-14(17)4-2)13-8-6-5-7-9-13/h4,13,16H,2-3,5-12H2,1H3. The minimum absolute atomic E-state index is 0.0704. The summed E-state index contributed by atoms with van der Waals surface area (Å²) in [6, 6.07) is 0. The molecule has 0 saturated heterocycles. The van der Waals surface area contributed by atoms with Gasteiger partial charge < -0.3 is 9.84 Å². The van der Waals surface area contributed by atoms with Crippen LogP contribution in [0.25, 0.3) is 0 Å². The van der Waals surface area contributed by atoms with Crippen molar-refractivity contribution in [3.8, 4) is 0 Å². The lowest BCUT2D eigenvalue weighted by atomic mass is 9.73. The van der Waals surface area contributed by atoms with Crippen LogP contribution in [0.15, 0.2) is 12.7 Å². The highest BCUT2D eigenvalue weighted by Gasteiger charge is 2.41. The molecule has 0 heterocycles. The van der Waals surface area contributed by atoms with Gasteiger partial charge in [0, 0.05) is 19.1 Å². The van der Waals surface area contributed by atoms with E-state index in [2.05, 4.69) is 13.5 Å². The van der Waals surface area contributed by atoms with E-state index >= 15 is 0 Å². The Balaban J connectivity index is 2.86. The van der Waals surface area contributed by atoms with Gasteiger partial charge in [-0.1, -0.05) is 39.2 Å². The van der Waals surface area contributed by atoms with E-state index in [-0.39, 0.29) is 12.6 Å². The van der Waals surface area contributed by atoms with E-state index in [1.807, 2.05) is 0 Å². The lowest BCUT2D eigenvalue weighted by molar-refractivity contribution is -0.165. The molecule has 104 valence electrons. The lowest BCUT2D eigenvalue weighted by Gasteiger charge is -2.41. The zero-order valence-electron chi connectivity index (χ0n) is 11.5. The van der Waals surface area contributed by atoms with Crippen LogP contribution in [0.4, 0.5) is 0 Å². The molecular weight excluding hydrogens is 228 g/mol. The molecule has 1 atom stereocenters. The highest BCUT2D eigenvalue weighted by Crippen LogP contribution is 2.40. The largest absolute Gasteiger partial charge is 0.456 e. The molecule has 0 radical (unpaired) electrons. The lowest BCUT2D eigenvalue weighted by Crippen LogP contribution is -2.44. The second-order valence-corrected chi connectivity index (χ2v) is 5.25. The van der Waals surface area contributed by atoms with Crippen molar-refractivity contribution in [2.75, 3.05) is 6.61 Å². The van der Waals surface area contributed by atoms with Gasteiger partial charge in [0.25, 0.3) is 0 Å². The molecule has 1 aliphatic carbocycles. The number of ether oxygens (including phenoxy) is 1. The summed E-state index contributed by atoms with van der Waals surface area (Å²) in [5, 5.41) is 9.33. The SMILES string of the molecule is C=CC(=O)OC(CCC)(CCO)C1CCCCC1. The number of aliphatic hydroxyl groups is 1. The predicted octanol–water partition coefficient (Wildman–Crippen LogP) is 3.22. The molecular formula is C15H26O3. The number of rotatable bonds is 7. The third kappa shape index (κ3) is 3.84. The average molecular weight is 254 g/mol. The number of hydrogen-bond donors (Lipinski definition) is 1. The molecule has 1 fully saturated rings. The molecule has 3 nitrogen and oxygen atoms in total. The quantitative estimate of drug-likeness (QED) is 0.560. The molecule has 0 aromatic rings. The summed E-state index contributed by atoms with van der Waals surface area (Å²) in [6.45, 7) is 5.64. The van der Waals surface area contributed by atoms with Gasteiger partial charge in [0.2, 0.25) is 0 Å². The topological polar surface area (TPSA) is 46.5 Å². The molecule has 0 spiro atoms. The fraction of sp³-hybridized carbons (Fsp3) is 0.800. The third-order valence-electron chi connectivity index (χ3n) is 4.03. The third-order valence-corrected chi connectivity index (χ3v) is 4.03. The zero-order valence-corrected chi connectivity index (χ0v) is 11.5. The summed E-state index contributed by atoms with van der Waals surface area (Å²) >= 11 is 0. The van der Waals surface area contributed by atoms with Crippen LogP contribution >= 0.6 is 0 Å². The molecule has 0 aromatic heterocycles. The second-order valence-electron chi connectivity index (χ2n) is 5.25. The molecule has 18 heavy (non-hydrogen) atoms. The van der Waals surface area contributed by atoms with E-state index in [4.69, 9.17) is 4.74 Å². The van der Waals surface area contributed by atoms with Crippen LogP contribution < -0.4 is 0 Å². The van der Waals surface area contributed by atoms with Gasteiger partial charge in [-0.05, 0) is 25.2 Å². The second kappa shape index (κ2) is 7.57. The van der Waals surface area contributed by atoms with Gasteiger partial charge >= 0.3 is 5.97 Å². The van der Waals surface area contributed by atoms with Gasteiger partial charge in [-0.25, -0.2) is 4.79 Å². The minimum Gasteiger partial charge on any atom is -0.456 e. The monoisotopic (exact) mass is 254 g/mol. The molecule has 1 N–H and O–H groups in total. The van der Waals surface area contributed by atoms with Crippen molar-refractivity contribution in [3.63, 3.8) is 0 Å². The maximum absolute atomic E-state index is 11.6. The van der Waals surface area contributed by atoms with E-state index < -0.39 is 5.60 Å². The van der Waals surface area contributed by atoms with Gasteiger partial charge in [-0.2, -0.15) is 0 Å². The van der Waals surface area contributed by atoms with Crippen LogP contribution in [-0.4, -0.2) is 23.3 Å². The molecule has 3 heteroatoms. The highest BCUT2D eigenvalue weighted by molar-refractivity contribution is 5.81. The summed E-state index contributed by atoms with van der Waals surface area (Å²) < 4.78 is 5.69. The van der Waals surface area contributed by atoms with Crippen LogP contribution in [0.3, 0.4) is 0 Å². The highest BCUT2D eigenvalue weighted by atomic mass is 16.6.